The number of rotatable bonds is 6. The maximum atomic E-state index is 13.3. The number of methoxy groups -OCH3 is 1. The smallest absolute Gasteiger partial charge is 0.343 e. The third-order valence-corrected chi connectivity index (χ3v) is 4.77. The van der Waals surface area contributed by atoms with Crippen LogP contribution in [0, 0.1) is 13.8 Å². The highest BCUT2D eigenvalue weighted by Gasteiger charge is 2.23. The van der Waals surface area contributed by atoms with Gasteiger partial charge in [-0.15, -0.1) is 0 Å². The van der Waals surface area contributed by atoms with Crippen molar-refractivity contribution in [3.05, 3.63) is 64.4 Å². The van der Waals surface area contributed by atoms with Crippen molar-refractivity contribution < 1.29 is 23.5 Å². The molecule has 0 amide bonds. The van der Waals surface area contributed by atoms with E-state index in [2.05, 4.69) is 4.74 Å². The molecular weight excluding hydrogens is 344 g/mol. The second-order valence-electron chi connectivity index (χ2n) is 6.31. The van der Waals surface area contributed by atoms with Gasteiger partial charge in [-0.25, -0.2) is 4.79 Å². The van der Waals surface area contributed by atoms with Crippen LogP contribution in [0.2, 0.25) is 0 Å². The summed E-state index contributed by atoms with van der Waals surface area (Å²) in [5.41, 5.74) is 3.55. The van der Waals surface area contributed by atoms with Gasteiger partial charge in [-0.2, -0.15) is 0 Å². The van der Waals surface area contributed by atoms with Crippen LogP contribution in [0.3, 0.4) is 0 Å². The predicted octanol–water partition coefficient (Wildman–Crippen LogP) is 4.39. The van der Waals surface area contributed by atoms with Crippen LogP contribution in [-0.2, 0) is 16.0 Å². The van der Waals surface area contributed by atoms with Crippen molar-refractivity contribution in [3.8, 4) is 5.75 Å². The summed E-state index contributed by atoms with van der Waals surface area (Å²) in [6.07, 6.45) is 0.633. The van der Waals surface area contributed by atoms with E-state index in [1.165, 1.54) is 7.11 Å². The highest BCUT2D eigenvalue weighted by Crippen LogP contribution is 2.31. The van der Waals surface area contributed by atoms with Crippen LogP contribution in [0.25, 0.3) is 11.0 Å². The largest absolute Gasteiger partial charge is 0.482 e. The Bertz CT molecular complexity index is 1010. The molecule has 140 valence electrons. The topological polar surface area (TPSA) is 65.7 Å². The summed E-state index contributed by atoms with van der Waals surface area (Å²) in [4.78, 5) is 24.6. The molecule has 0 N–H and O–H groups in total. The number of carbonyl (C=O) groups is 2. The molecule has 0 saturated heterocycles. The Morgan fingerprint density at radius 3 is 2.48 bits per heavy atom. The number of esters is 1. The first-order valence-corrected chi connectivity index (χ1v) is 8.82. The zero-order valence-corrected chi connectivity index (χ0v) is 15.9. The van der Waals surface area contributed by atoms with Gasteiger partial charge < -0.3 is 13.9 Å². The number of aryl methyl sites for hydroxylation is 1. The van der Waals surface area contributed by atoms with E-state index in [9.17, 15) is 9.59 Å². The lowest BCUT2D eigenvalue weighted by Crippen LogP contribution is -2.14. The monoisotopic (exact) mass is 366 g/mol. The lowest BCUT2D eigenvalue weighted by atomic mass is 9.93. The van der Waals surface area contributed by atoms with Crippen LogP contribution in [-0.4, -0.2) is 25.5 Å². The molecule has 0 saturated carbocycles. The molecule has 0 atom stereocenters. The molecule has 2 aromatic carbocycles. The van der Waals surface area contributed by atoms with Crippen molar-refractivity contribution in [1.29, 1.82) is 0 Å². The van der Waals surface area contributed by atoms with E-state index in [-0.39, 0.29) is 12.4 Å². The Kier molecular flexibility index (Phi) is 5.31. The summed E-state index contributed by atoms with van der Waals surface area (Å²) in [7, 11) is 1.31. The zero-order valence-electron chi connectivity index (χ0n) is 15.9. The molecule has 3 aromatic rings. The van der Waals surface area contributed by atoms with Gasteiger partial charge in [0.15, 0.2) is 12.4 Å². The number of ketones is 1. The minimum Gasteiger partial charge on any atom is -0.482 e. The third kappa shape index (κ3) is 3.45. The summed E-state index contributed by atoms with van der Waals surface area (Å²) in [6, 6.07) is 11.0. The summed E-state index contributed by atoms with van der Waals surface area (Å²) in [6.45, 7) is 5.54. The number of ether oxygens (including phenoxy) is 2. The van der Waals surface area contributed by atoms with Crippen LogP contribution >= 0.6 is 0 Å². The molecule has 0 fully saturated rings. The van der Waals surface area contributed by atoms with Crippen LogP contribution in [0.4, 0.5) is 0 Å². The van der Waals surface area contributed by atoms with Gasteiger partial charge in [-0.3, -0.25) is 4.79 Å². The fourth-order valence-corrected chi connectivity index (χ4v) is 3.12. The second kappa shape index (κ2) is 7.66. The van der Waals surface area contributed by atoms with Crippen molar-refractivity contribution in [3.63, 3.8) is 0 Å². The van der Waals surface area contributed by atoms with Crippen LogP contribution in [0.5, 0.6) is 5.75 Å². The van der Waals surface area contributed by atoms with Gasteiger partial charge in [-0.1, -0.05) is 25.1 Å². The van der Waals surface area contributed by atoms with Crippen LogP contribution < -0.4 is 4.74 Å². The van der Waals surface area contributed by atoms with Crippen LogP contribution in [0.1, 0.15) is 39.7 Å². The van der Waals surface area contributed by atoms with E-state index in [0.29, 0.717) is 34.6 Å². The highest BCUT2D eigenvalue weighted by molar-refractivity contribution is 6.17. The minimum absolute atomic E-state index is 0.0723. The van der Waals surface area contributed by atoms with E-state index < -0.39 is 5.97 Å². The van der Waals surface area contributed by atoms with Gasteiger partial charge in [0.2, 0.25) is 0 Å². The van der Waals surface area contributed by atoms with Gasteiger partial charge in [0, 0.05) is 17.4 Å². The molecule has 0 aliphatic carbocycles. The van der Waals surface area contributed by atoms with Crippen LogP contribution in [0.15, 0.2) is 40.8 Å². The van der Waals surface area contributed by atoms with Gasteiger partial charge in [0.25, 0.3) is 0 Å². The molecule has 0 aliphatic heterocycles. The molecule has 5 heteroatoms. The maximum absolute atomic E-state index is 13.3. The van der Waals surface area contributed by atoms with Crippen molar-refractivity contribution in [1.82, 2.24) is 0 Å². The summed E-state index contributed by atoms with van der Waals surface area (Å²) >= 11 is 0. The molecule has 0 spiro atoms. The van der Waals surface area contributed by atoms with Gasteiger partial charge >= 0.3 is 5.97 Å². The van der Waals surface area contributed by atoms with Crippen molar-refractivity contribution >= 4 is 22.7 Å². The SMILES string of the molecule is CCc1oc2ccccc2c1C(=O)c1ccc(OCC(=O)OC)c(C)c1C. The maximum Gasteiger partial charge on any atom is 0.343 e. The molecule has 27 heavy (non-hydrogen) atoms. The number of hydrogen-bond donors (Lipinski definition) is 0. The quantitative estimate of drug-likeness (QED) is 0.478. The lowest BCUT2D eigenvalue weighted by Gasteiger charge is -2.13. The van der Waals surface area contributed by atoms with Gasteiger partial charge in [-0.05, 0) is 43.2 Å². The molecule has 0 bridgehead atoms. The van der Waals surface area contributed by atoms with E-state index in [1.807, 2.05) is 45.0 Å². The minimum atomic E-state index is -0.454. The Morgan fingerprint density at radius 1 is 1.04 bits per heavy atom. The van der Waals surface area contributed by atoms with Crippen molar-refractivity contribution in [2.75, 3.05) is 13.7 Å². The zero-order chi connectivity index (χ0) is 19.6. The van der Waals surface area contributed by atoms with E-state index >= 15 is 0 Å². The Hall–Kier alpha value is -3.08. The number of para-hydroxylation sites is 1. The lowest BCUT2D eigenvalue weighted by molar-refractivity contribution is -0.142. The third-order valence-electron chi connectivity index (χ3n) is 4.77. The average Bonchev–Trinajstić information content (AvgIpc) is 3.07. The first-order valence-electron chi connectivity index (χ1n) is 8.82. The summed E-state index contributed by atoms with van der Waals surface area (Å²) in [5, 5.41) is 0.822. The highest BCUT2D eigenvalue weighted by atomic mass is 16.6. The van der Waals surface area contributed by atoms with Crippen molar-refractivity contribution in [2.24, 2.45) is 0 Å². The predicted molar refractivity (Wildman–Crippen MR) is 102 cm³/mol. The van der Waals surface area contributed by atoms with Crippen molar-refractivity contribution in [2.45, 2.75) is 27.2 Å². The number of hydrogen-bond acceptors (Lipinski definition) is 5. The Morgan fingerprint density at radius 2 is 1.78 bits per heavy atom. The average molecular weight is 366 g/mol. The standard InChI is InChI=1S/C22H22O5/c1-5-17-21(16-8-6-7-9-19(16)27-17)22(24)15-10-11-18(14(3)13(15)2)26-12-20(23)25-4/h6-11H,5,12H2,1-4H3. The number of benzene rings is 2. The molecule has 0 radical (unpaired) electrons. The molecule has 1 heterocycles. The molecule has 0 unspecified atom stereocenters. The van der Waals surface area contributed by atoms with Gasteiger partial charge in [0.1, 0.15) is 17.1 Å². The molecule has 0 aliphatic rings. The summed E-state index contributed by atoms with van der Waals surface area (Å²) < 4.78 is 16.0. The first kappa shape index (κ1) is 18.7. The molecule has 3 rings (SSSR count). The number of fused-ring (bicyclic) bond motifs is 1. The number of carbonyl (C=O) groups excluding carboxylic acids is 2. The van der Waals surface area contributed by atoms with E-state index in [0.717, 1.165) is 16.5 Å². The van der Waals surface area contributed by atoms with E-state index in [1.54, 1.807) is 12.1 Å². The fourth-order valence-electron chi connectivity index (χ4n) is 3.12. The Balaban J connectivity index is 2.01. The Labute approximate surface area is 157 Å². The summed E-state index contributed by atoms with van der Waals surface area (Å²) in [5.74, 6) is 0.716. The van der Waals surface area contributed by atoms with E-state index in [4.69, 9.17) is 9.15 Å². The first-order chi connectivity index (χ1) is 13.0. The fraction of sp³-hybridized carbons (Fsp3) is 0.273. The number of furan rings is 1. The molecular formula is C22H22O5. The normalized spacial score (nSPS) is 10.8. The van der Waals surface area contributed by atoms with Gasteiger partial charge in [0.05, 0.1) is 12.7 Å². The molecule has 1 aromatic heterocycles. The molecule has 5 nitrogen and oxygen atoms in total. The second-order valence-corrected chi connectivity index (χ2v) is 6.31.